The van der Waals surface area contributed by atoms with Crippen LogP contribution in [0.5, 0.6) is 11.5 Å². The summed E-state index contributed by atoms with van der Waals surface area (Å²) in [5.74, 6) is -0.880. The van der Waals surface area contributed by atoms with Crippen molar-refractivity contribution in [3.63, 3.8) is 0 Å². The number of Topliss-reactive ketones (excluding diaryl/α,β-unsaturated/α-hetero) is 1. The van der Waals surface area contributed by atoms with E-state index in [0.29, 0.717) is 26.2 Å². The molecule has 0 aliphatic rings. The molecule has 0 radical (unpaired) electrons. The molecule has 7 heteroatoms. The van der Waals surface area contributed by atoms with Gasteiger partial charge >= 0.3 is 5.97 Å². The summed E-state index contributed by atoms with van der Waals surface area (Å²) in [5, 5.41) is 18.1. The van der Waals surface area contributed by atoms with Gasteiger partial charge in [-0.15, -0.1) is 0 Å². The van der Waals surface area contributed by atoms with Crippen LogP contribution in [0.2, 0.25) is 0 Å². The number of ether oxygens (including phenoxy) is 2. The highest BCUT2D eigenvalue weighted by Crippen LogP contribution is 2.34. The molecule has 0 heterocycles. The number of nitrogens with zero attached hydrogens (tertiary/aromatic N) is 1. The zero-order chi connectivity index (χ0) is 19.1. The van der Waals surface area contributed by atoms with Gasteiger partial charge in [0.15, 0.2) is 18.1 Å². The minimum Gasteiger partial charge on any atom is -0.493 e. The van der Waals surface area contributed by atoms with Crippen molar-refractivity contribution < 1.29 is 24.2 Å². The molecule has 0 aromatic heterocycles. The summed E-state index contributed by atoms with van der Waals surface area (Å²) in [7, 11) is 1.42. The molecule has 2 rings (SSSR count). The van der Waals surface area contributed by atoms with Gasteiger partial charge < -0.3 is 14.6 Å². The van der Waals surface area contributed by atoms with E-state index in [1.54, 1.807) is 42.5 Å². The zero-order valence-corrected chi connectivity index (χ0v) is 15.9. The minimum absolute atomic E-state index is 0.0201. The molecule has 0 unspecified atom stereocenters. The molecule has 2 aromatic rings. The van der Waals surface area contributed by atoms with E-state index >= 15 is 0 Å². The molecule has 0 saturated carbocycles. The van der Waals surface area contributed by atoms with Crippen LogP contribution >= 0.6 is 22.6 Å². The summed E-state index contributed by atoms with van der Waals surface area (Å²) in [6, 6.07) is 13.7. The first-order valence-corrected chi connectivity index (χ1v) is 8.47. The first kappa shape index (κ1) is 19.5. The number of nitriles is 1. The summed E-state index contributed by atoms with van der Waals surface area (Å²) < 4.78 is 11.1. The number of ketones is 1. The summed E-state index contributed by atoms with van der Waals surface area (Å²) in [6.07, 6.45) is 1.46. The number of rotatable bonds is 7. The molecule has 0 fully saturated rings. The second-order valence-corrected chi connectivity index (χ2v) is 6.24. The van der Waals surface area contributed by atoms with Crippen LogP contribution in [0.3, 0.4) is 0 Å². The van der Waals surface area contributed by atoms with Gasteiger partial charge in [-0.25, -0.2) is 4.79 Å². The fraction of sp³-hybridized carbons (Fsp3) is 0.105. The summed E-state index contributed by atoms with van der Waals surface area (Å²) in [6.45, 7) is -0.502. The van der Waals surface area contributed by atoms with Crippen molar-refractivity contribution >= 4 is 40.4 Å². The van der Waals surface area contributed by atoms with Gasteiger partial charge in [0, 0.05) is 5.56 Å². The van der Waals surface area contributed by atoms with Crippen LogP contribution in [-0.4, -0.2) is 30.6 Å². The number of hydrogen-bond acceptors (Lipinski definition) is 5. The van der Waals surface area contributed by atoms with Gasteiger partial charge in [-0.3, -0.25) is 4.79 Å². The number of aliphatic carboxylic acids is 1. The maximum Gasteiger partial charge on any atom is 0.341 e. The van der Waals surface area contributed by atoms with Crippen molar-refractivity contribution in [2.45, 2.75) is 0 Å². The Balaban J connectivity index is 2.39. The Bertz CT molecular complexity index is 900. The summed E-state index contributed by atoms with van der Waals surface area (Å²) >= 11 is 1.97. The van der Waals surface area contributed by atoms with Crippen molar-refractivity contribution in [1.82, 2.24) is 0 Å². The van der Waals surface area contributed by atoms with Crippen LogP contribution in [-0.2, 0) is 4.79 Å². The van der Waals surface area contributed by atoms with Gasteiger partial charge in [0.1, 0.15) is 11.6 Å². The largest absolute Gasteiger partial charge is 0.493 e. The molecular weight excluding hydrogens is 449 g/mol. The van der Waals surface area contributed by atoms with E-state index in [2.05, 4.69) is 0 Å². The normalized spacial score (nSPS) is 10.7. The number of methoxy groups -OCH3 is 1. The van der Waals surface area contributed by atoms with E-state index in [4.69, 9.17) is 14.6 Å². The third-order valence-electron chi connectivity index (χ3n) is 3.30. The van der Waals surface area contributed by atoms with Crippen LogP contribution in [0.25, 0.3) is 6.08 Å². The number of carbonyl (C=O) groups is 2. The molecule has 0 atom stereocenters. The van der Waals surface area contributed by atoms with Gasteiger partial charge in [0.05, 0.1) is 10.7 Å². The van der Waals surface area contributed by atoms with Gasteiger partial charge in [-0.05, 0) is 46.4 Å². The first-order valence-electron chi connectivity index (χ1n) is 7.40. The van der Waals surface area contributed by atoms with E-state index in [1.165, 1.54) is 13.2 Å². The van der Waals surface area contributed by atoms with E-state index in [-0.39, 0.29) is 11.4 Å². The van der Waals surface area contributed by atoms with Gasteiger partial charge in [-0.2, -0.15) is 5.26 Å². The maximum absolute atomic E-state index is 12.5. The van der Waals surface area contributed by atoms with Crippen molar-refractivity contribution in [1.29, 1.82) is 5.26 Å². The highest BCUT2D eigenvalue weighted by Gasteiger charge is 2.15. The maximum atomic E-state index is 12.5. The van der Waals surface area contributed by atoms with Crippen LogP contribution in [0, 0.1) is 14.9 Å². The minimum atomic E-state index is -1.10. The van der Waals surface area contributed by atoms with E-state index in [9.17, 15) is 14.9 Å². The molecule has 2 aromatic carbocycles. The highest BCUT2D eigenvalue weighted by molar-refractivity contribution is 14.1. The van der Waals surface area contributed by atoms with E-state index in [0.717, 1.165) is 0 Å². The zero-order valence-electron chi connectivity index (χ0n) is 13.7. The van der Waals surface area contributed by atoms with Crippen molar-refractivity contribution in [2.75, 3.05) is 13.7 Å². The lowest BCUT2D eigenvalue weighted by Crippen LogP contribution is -2.11. The van der Waals surface area contributed by atoms with Gasteiger partial charge in [0.2, 0.25) is 5.78 Å². The van der Waals surface area contributed by atoms with E-state index in [1.807, 2.05) is 28.7 Å². The molecule has 1 N–H and O–H groups in total. The van der Waals surface area contributed by atoms with E-state index < -0.39 is 12.6 Å². The van der Waals surface area contributed by atoms with Crippen LogP contribution in [0.15, 0.2) is 48.0 Å². The Morgan fingerprint density at radius 1 is 1.27 bits per heavy atom. The number of halogens is 1. The number of benzene rings is 2. The van der Waals surface area contributed by atoms with Crippen LogP contribution < -0.4 is 9.47 Å². The van der Waals surface area contributed by atoms with Gasteiger partial charge in [0.25, 0.3) is 0 Å². The van der Waals surface area contributed by atoms with Crippen molar-refractivity contribution in [2.24, 2.45) is 0 Å². The average Bonchev–Trinajstić information content (AvgIpc) is 2.64. The number of carbonyl (C=O) groups excluding carboxylic acids is 1. The monoisotopic (exact) mass is 463 g/mol. The topological polar surface area (TPSA) is 96.6 Å². The lowest BCUT2D eigenvalue weighted by molar-refractivity contribution is -0.139. The molecule has 0 amide bonds. The van der Waals surface area contributed by atoms with Crippen LogP contribution in [0.1, 0.15) is 15.9 Å². The molecule has 0 aliphatic heterocycles. The standard InChI is InChI=1S/C19H14INO5/c1-25-16-9-12(8-15(20)19(16)26-11-17(22)23)7-14(10-21)18(24)13-5-3-2-4-6-13/h2-9H,11H2,1H3,(H,22,23)/b14-7+. The SMILES string of the molecule is COc1cc(/C=C(\C#N)C(=O)c2ccccc2)cc(I)c1OCC(=O)O. The molecule has 0 bridgehead atoms. The highest BCUT2D eigenvalue weighted by atomic mass is 127. The Kier molecular flexibility index (Phi) is 6.74. The summed E-state index contributed by atoms with van der Waals surface area (Å²) in [4.78, 5) is 23.1. The second-order valence-electron chi connectivity index (χ2n) is 5.08. The molecule has 0 spiro atoms. The fourth-order valence-corrected chi connectivity index (χ4v) is 2.94. The number of allylic oxidation sites excluding steroid dienone is 1. The molecule has 0 saturated heterocycles. The smallest absolute Gasteiger partial charge is 0.341 e. The second kappa shape index (κ2) is 9.01. The lowest BCUT2D eigenvalue weighted by atomic mass is 10.0. The molecule has 26 heavy (non-hydrogen) atoms. The Morgan fingerprint density at radius 3 is 2.54 bits per heavy atom. The lowest BCUT2D eigenvalue weighted by Gasteiger charge is -2.12. The average molecular weight is 463 g/mol. The molecular formula is C19H14INO5. The Morgan fingerprint density at radius 2 is 1.96 bits per heavy atom. The third kappa shape index (κ3) is 4.83. The number of carboxylic acid groups (broad SMARTS) is 1. The predicted octanol–water partition coefficient (Wildman–Crippen LogP) is 3.55. The van der Waals surface area contributed by atoms with Gasteiger partial charge in [-0.1, -0.05) is 30.3 Å². The predicted molar refractivity (Wildman–Crippen MR) is 103 cm³/mol. The third-order valence-corrected chi connectivity index (χ3v) is 4.11. The molecule has 0 aliphatic carbocycles. The Labute approximate surface area is 163 Å². The van der Waals surface area contributed by atoms with Crippen LogP contribution in [0.4, 0.5) is 0 Å². The van der Waals surface area contributed by atoms with Crippen molar-refractivity contribution in [3.05, 3.63) is 62.7 Å². The number of hydrogen-bond donors (Lipinski definition) is 1. The molecule has 6 nitrogen and oxygen atoms in total. The Hall–Kier alpha value is -2.86. The summed E-state index contributed by atoms with van der Waals surface area (Å²) in [5.41, 5.74) is 0.964. The van der Waals surface area contributed by atoms with Crippen molar-refractivity contribution in [3.8, 4) is 17.6 Å². The number of carboxylic acids is 1. The molecule has 132 valence electrons. The quantitative estimate of drug-likeness (QED) is 0.292. The fourth-order valence-electron chi connectivity index (χ4n) is 2.16. The first-order chi connectivity index (χ1) is 12.5.